The second-order valence-electron chi connectivity index (χ2n) is 4.27. The minimum Gasteiger partial charge on any atom is -0.210 e. The second kappa shape index (κ2) is 5.75. The van der Waals surface area contributed by atoms with Crippen molar-refractivity contribution < 1.29 is 16.5 Å². The second-order valence-corrected chi connectivity index (χ2v) is 8.12. The van der Waals surface area contributed by atoms with E-state index in [9.17, 15) is 16.5 Å². The molecule has 0 aliphatic heterocycles. The standard InChI is InChI=1S/C13H11ClFNO3S2/c1-10-2-6-13(7-3-10)21(18,19)16-20(15,17)12-8-4-11(14)5-9-12/h2-9H,1H3. The van der Waals surface area contributed by atoms with Crippen LogP contribution in [0.3, 0.4) is 0 Å². The Morgan fingerprint density at radius 1 is 0.905 bits per heavy atom. The Morgan fingerprint density at radius 3 is 1.90 bits per heavy atom. The first-order valence-corrected chi connectivity index (χ1v) is 8.99. The lowest BCUT2D eigenvalue weighted by Gasteiger charge is -2.03. The van der Waals surface area contributed by atoms with E-state index in [0.29, 0.717) is 5.02 Å². The first-order chi connectivity index (χ1) is 9.71. The van der Waals surface area contributed by atoms with Crippen molar-refractivity contribution in [3.63, 3.8) is 0 Å². The van der Waals surface area contributed by atoms with E-state index < -0.39 is 20.1 Å². The topological polar surface area (TPSA) is 63.6 Å². The van der Waals surface area contributed by atoms with Crippen molar-refractivity contribution >= 4 is 31.7 Å². The predicted molar refractivity (Wildman–Crippen MR) is 79.8 cm³/mol. The average molecular weight is 348 g/mol. The van der Waals surface area contributed by atoms with Crippen LogP contribution in [-0.2, 0) is 20.1 Å². The molecule has 0 aromatic heterocycles. The van der Waals surface area contributed by atoms with Crippen LogP contribution in [0, 0.1) is 6.92 Å². The summed E-state index contributed by atoms with van der Waals surface area (Å²) in [5.41, 5.74) is 0.840. The third-order valence-electron chi connectivity index (χ3n) is 2.62. The molecule has 2 aromatic carbocycles. The molecule has 0 bridgehead atoms. The van der Waals surface area contributed by atoms with Crippen molar-refractivity contribution in [1.82, 2.24) is 0 Å². The van der Waals surface area contributed by atoms with Crippen molar-refractivity contribution in [3.8, 4) is 0 Å². The van der Waals surface area contributed by atoms with Gasteiger partial charge in [-0.3, -0.25) is 0 Å². The highest BCUT2D eigenvalue weighted by Gasteiger charge is 2.20. The van der Waals surface area contributed by atoms with E-state index >= 15 is 0 Å². The van der Waals surface area contributed by atoms with Gasteiger partial charge in [-0.05, 0) is 43.3 Å². The first kappa shape index (κ1) is 15.9. The normalized spacial score (nSPS) is 14.4. The summed E-state index contributed by atoms with van der Waals surface area (Å²) >= 11 is 5.64. The summed E-state index contributed by atoms with van der Waals surface area (Å²) in [5, 5.41) is 0.315. The molecule has 1 unspecified atom stereocenters. The molecular weight excluding hydrogens is 337 g/mol. The molecule has 0 heterocycles. The largest absolute Gasteiger partial charge is 0.292 e. The molecule has 0 aliphatic rings. The van der Waals surface area contributed by atoms with Gasteiger partial charge in [-0.1, -0.05) is 33.1 Å². The molecule has 0 amide bonds. The highest BCUT2D eigenvalue weighted by Crippen LogP contribution is 2.22. The highest BCUT2D eigenvalue weighted by molar-refractivity contribution is 8.00. The Kier molecular flexibility index (Phi) is 4.36. The molecule has 4 nitrogen and oxygen atoms in total. The van der Waals surface area contributed by atoms with Gasteiger partial charge in [0, 0.05) is 5.02 Å². The van der Waals surface area contributed by atoms with E-state index in [1.54, 1.807) is 19.1 Å². The summed E-state index contributed by atoms with van der Waals surface area (Å²) in [5.74, 6) is 0. The summed E-state index contributed by atoms with van der Waals surface area (Å²) in [6.45, 7) is 1.78. The number of sulfonamides is 1. The molecule has 0 fully saturated rings. The van der Waals surface area contributed by atoms with Gasteiger partial charge >= 0.3 is 0 Å². The smallest absolute Gasteiger partial charge is 0.210 e. The number of benzene rings is 2. The van der Waals surface area contributed by atoms with Crippen LogP contribution in [0.1, 0.15) is 5.56 Å². The van der Waals surface area contributed by atoms with Gasteiger partial charge in [-0.25, -0.2) is 4.21 Å². The van der Waals surface area contributed by atoms with Crippen LogP contribution in [0.25, 0.3) is 0 Å². The molecule has 2 rings (SSSR count). The molecule has 112 valence electrons. The Bertz CT molecular complexity index is 869. The molecule has 0 N–H and O–H groups in total. The van der Waals surface area contributed by atoms with Crippen LogP contribution < -0.4 is 0 Å². The number of hydrogen-bond donors (Lipinski definition) is 0. The van der Waals surface area contributed by atoms with Crippen LogP contribution in [0.4, 0.5) is 3.89 Å². The monoisotopic (exact) mass is 347 g/mol. The zero-order valence-electron chi connectivity index (χ0n) is 10.9. The van der Waals surface area contributed by atoms with Crippen LogP contribution in [0.2, 0.25) is 5.02 Å². The van der Waals surface area contributed by atoms with E-state index in [1.807, 2.05) is 0 Å². The quantitative estimate of drug-likeness (QED) is 0.794. The van der Waals surface area contributed by atoms with Crippen LogP contribution in [0.15, 0.2) is 62.1 Å². The average Bonchev–Trinajstić information content (AvgIpc) is 2.38. The third kappa shape index (κ3) is 3.81. The molecule has 0 radical (unpaired) electrons. The van der Waals surface area contributed by atoms with Crippen LogP contribution >= 0.6 is 11.6 Å². The number of nitrogens with zero attached hydrogens (tertiary/aromatic N) is 1. The summed E-state index contributed by atoms with van der Waals surface area (Å²) in [7, 11) is -8.92. The minimum absolute atomic E-state index is 0.215. The van der Waals surface area contributed by atoms with Crippen molar-refractivity contribution in [1.29, 1.82) is 0 Å². The summed E-state index contributed by atoms with van der Waals surface area (Å²) in [4.78, 5) is -0.560. The lowest BCUT2D eigenvalue weighted by molar-refractivity contribution is 0.596. The van der Waals surface area contributed by atoms with Crippen molar-refractivity contribution in [3.05, 3.63) is 59.1 Å². The fourth-order valence-electron chi connectivity index (χ4n) is 1.52. The molecule has 1 atom stereocenters. The Morgan fingerprint density at radius 2 is 1.38 bits per heavy atom. The Labute approximate surface area is 128 Å². The van der Waals surface area contributed by atoms with E-state index in [0.717, 1.165) is 17.7 Å². The van der Waals surface area contributed by atoms with Gasteiger partial charge in [0.2, 0.25) is 10.1 Å². The SMILES string of the molecule is Cc1ccc(S(=O)(=O)N=S(=O)(F)c2ccc(Cl)cc2)cc1. The molecule has 0 saturated heterocycles. The van der Waals surface area contributed by atoms with Gasteiger partial charge in [0.05, 0.1) is 9.79 Å². The fraction of sp³-hybridized carbons (Fsp3) is 0.0769. The van der Waals surface area contributed by atoms with E-state index in [2.05, 4.69) is 3.77 Å². The Balaban J connectivity index is 2.52. The summed E-state index contributed by atoms with van der Waals surface area (Å²) in [6, 6.07) is 10.6. The zero-order valence-corrected chi connectivity index (χ0v) is 13.3. The fourth-order valence-corrected chi connectivity index (χ4v) is 4.30. The third-order valence-corrected chi connectivity index (χ3v) is 6.14. The molecule has 21 heavy (non-hydrogen) atoms. The van der Waals surface area contributed by atoms with E-state index in [-0.39, 0.29) is 9.79 Å². The minimum atomic E-state index is -4.56. The number of rotatable bonds is 3. The van der Waals surface area contributed by atoms with Gasteiger partial charge in [0.25, 0.3) is 10.0 Å². The number of aryl methyl sites for hydroxylation is 1. The maximum absolute atomic E-state index is 14.2. The van der Waals surface area contributed by atoms with Gasteiger partial charge < -0.3 is 0 Å². The van der Waals surface area contributed by atoms with Gasteiger partial charge in [0.1, 0.15) is 0 Å². The zero-order chi connectivity index (χ0) is 15.7. The number of halogens is 2. The molecule has 0 aliphatic carbocycles. The summed E-state index contributed by atoms with van der Waals surface area (Å²) < 4.78 is 53.0. The van der Waals surface area contributed by atoms with E-state index in [1.165, 1.54) is 24.3 Å². The first-order valence-electron chi connectivity index (χ1n) is 5.76. The lowest BCUT2D eigenvalue weighted by Crippen LogP contribution is -2.02. The van der Waals surface area contributed by atoms with Crippen LogP contribution in [0.5, 0.6) is 0 Å². The maximum Gasteiger partial charge on any atom is 0.292 e. The molecular formula is C13H11ClFNO3S2. The van der Waals surface area contributed by atoms with Gasteiger partial charge in [-0.2, -0.15) is 8.42 Å². The summed E-state index contributed by atoms with van der Waals surface area (Å²) in [6.07, 6.45) is 0. The van der Waals surface area contributed by atoms with Crippen molar-refractivity contribution in [2.75, 3.05) is 0 Å². The maximum atomic E-state index is 14.2. The molecule has 2 aromatic rings. The van der Waals surface area contributed by atoms with Gasteiger partial charge in [-0.15, -0.1) is 3.89 Å². The lowest BCUT2D eigenvalue weighted by atomic mass is 10.2. The highest BCUT2D eigenvalue weighted by atomic mass is 35.5. The molecule has 8 heteroatoms. The predicted octanol–water partition coefficient (Wildman–Crippen LogP) is 3.75. The van der Waals surface area contributed by atoms with Crippen molar-refractivity contribution in [2.45, 2.75) is 16.7 Å². The van der Waals surface area contributed by atoms with Crippen molar-refractivity contribution in [2.24, 2.45) is 3.77 Å². The number of hydrogen-bond acceptors (Lipinski definition) is 3. The molecule has 0 saturated carbocycles. The Hall–Kier alpha value is -1.44. The van der Waals surface area contributed by atoms with Crippen LogP contribution in [-0.4, -0.2) is 12.6 Å². The van der Waals surface area contributed by atoms with E-state index in [4.69, 9.17) is 11.6 Å². The molecule has 0 spiro atoms. The van der Waals surface area contributed by atoms with Gasteiger partial charge in [0.15, 0.2) is 0 Å².